The zero-order valence-electron chi connectivity index (χ0n) is 28.3. The number of aliphatic hydroxyl groups is 1. The molecule has 10 nitrogen and oxygen atoms in total. The fourth-order valence-electron chi connectivity index (χ4n) is 5.30. The summed E-state index contributed by atoms with van der Waals surface area (Å²) >= 11 is 1.46. The van der Waals surface area contributed by atoms with Crippen LogP contribution < -0.4 is 21.7 Å². The van der Waals surface area contributed by atoms with Gasteiger partial charge in [0.1, 0.15) is 18.1 Å². The van der Waals surface area contributed by atoms with Gasteiger partial charge in [0.25, 0.3) is 5.91 Å². The molecule has 11 heteroatoms. The molecule has 1 aliphatic heterocycles. The Bertz CT molecular complexity index is 1360. The maximum atomic E-state index is 14.0. The molecule has 6 N–H and O–H groups in total. The average molecular weight is 654 g/mol. The molecule has 3 rings (SSSR count). The van der Waals surface area contributed by atoms with E-state index in [0.29, 0.717) is 12.1 Å². The van der Waals surface area contributed by atoms with Gasteiger partial charge in [-0.05, 0) is 42.2 Å². The van der Waals surface area contributed by atoms with Gasteiger partial charge in [0.15, 0.2) is 6.10 Å². The predicted molar refractivity (Wildman–Crippen MR) is 182 cm³/mol. The SMILES string of the molecule is CC(C)(C)CNC(=O)[C@H]1N(C(=O)[C@@H](O)[C@H](Cc2ccccc2)NC(=O)[C@@H](NC(=O)[C@@H](N)c2ccccc2)C(C)(C)C)CSC1(C)C. The van der Waals surface area contributed by atoms with E-state index in [4.69, 9.17) is 5.73 Å². The van der Waals surface area contributed by atoms with Crippen LogP contribution in [0, 0.1) is 10.8 Å². The molecule has 252 valence electrons. The molecule has 2 aromatic rings. The zero-order chi connectivity index (χ0) is 34.4. The van der Waals surface area contributed by atoms with Gasteiger partial charge in [0, 0.05) is 11.3 Å². The summed E-state index contributed by atoms with van der Waals surface area (Å²) in [6.45, 7) is 15.7. The lowest BCUT2D eigenvalue weighted by Gasteiger charge is -2.35. The first-order chi connectivity index (χ1) is 21.3. The number of nitrogens with two attached hydrogens (primary N) is 1. The summed E-state index contributed by atoms with van der Waals surface area (Å²) in [6, 6.07) is 14.2. The molecule has 1 fully saturated rings. The Labute approximate surface area is 277 Å². The molecule has 2 aromatic carbocycles. The van der Waals surface area contributed by atoms with Gasteiger partial charge in [-0.3, -0.25) is 19.2 Å². The van der Waals surface area contributed by atoms with Crippen LogP contribution >= 0.6 is 11.8 Å². The fraction of sp³-hybridized carbons (Fsp3) is 0.543. The van der Waals surface area contributed by atoms with Crippen LogP contribution in [0.15, 0.2) is 60.7 Å². The van der Waals surface area contributed by atoms with Crippen molar-refractivity contribution in [2.75, 3.05) is 12.4 Å². The summed E-state index contributed by atoms with van der Waals surface area (Å²) in [5.41, 5.74) is 6.72. The molecule has 1 saturated heterocycles. The maximum Gasteiger partial charge on any atom is 0.254 e. The zero-order valence-corrected chi connectivity index (χ0v) is 29.1. The van der Waals surface area contributed by atoms with Crippen LogP contribution in [0.2, 0.25) is 0 Å². The van der Waals surface area contributed by atoms with Crippen LogP contribution in [0.4, 0.5) is 0 Å². The van der Waals surface area contributed by atoms with E-state index in [1.54, 1.807) is 24.3 Å². The lowest BCUT2D eigenvalue weighted by molar-refractivity contribution is -0.148. The Kier molecular flexibility index (Phi) is 12.1. The molecule has 46 heavy (non-hydrogen) atoms. The van der Waals surface area contributed by atoms with Crippen molar-refractivity contribution in [1.82, 2.24) is 20.9 Å². The van der Waals surface area contributed by atoms with Crippen molar-refractivity contribution in [2.45, 2.75) is 96.8 Å². The number of rotatable bonds is 11. The van der Waals surface area contributed by atoms with Crippen molar-refractivity contribution in [3.63, 3.8) is 0 Å². The molecule has 0 radical (unpaired) electrons. The van der Waals surface area contributed by atoms with E-state index in [0.717, 1.165) is 5.56 Å². The Morgan fingerprint density at radius 2 is 1.50 bits per heavy atom. The Morgan fingerprint density at radius 1 is 0.935 bits per heavy atom. The number of hydrogen-bond donors (Lipinski definition) is 5. The number of amides is 4. The number of hydrogen-bond acceptors (Lipinski definition) is 7. The number of nitrogens with zero attached hydrogens (tertiary/aromatic N) is 1. The second-order valence-electron chi connectivity index (χ2n) is 14.8. The van der Waals surface area contributed by atoms with Crippen molar-refractivity contribution in [2.24, 2.45) is 16.6 Å². The largest absolute Gasteiger partial charge is 0.381 e. The lowest BCUT2D eigenvalue weighted by atomic mass is 9.85. The molecular weight excluding hydrogens is 602 g/mol. The molecule has 0 saturated carbocycles. The monoisotopic (exact) mass is 653 g/mol. The number of aliphatic hydroxyl groups excluding tert-OH is 1. The van der Waals surface area contributed by atoms with Crippen molar-refractivity contribution in [3.8, 4) is 0 Å². The van der Waals surface area contributed by atoms with Crippen LogP contribution in [0.3, 0.4) is 0 Å². The molecule has 1 aliphatic rings. The quantitative estimate of drug-likeness (QED) is 0.250. The Hall–Kier alpha value is -3.41. The molecule has 4 amide bonds. The van der Waals surface area contributed by atoms with E-state index in [1.807, 2.05) is 91.8 Å². The fourth-order valence-corrected chi connectivity index (χ4v) is 6.44. The minimum atomic E-state index is -1.67. The van der Waals surface area contributed by atoms with E-state index in [-0.39, 0.29) is 23.6 Å². The predicted octanol–water partition coefficient (Wildman–Crippen LogP) is 3.15. The highest BCUT2D eigenvalue weighted by molar-refractivity contribution is 8.00. The topological polar surface area (TPSA) is 154 Å². The average Bonchev–Trinajstić information content (AvgIpc) is 3.31. The minimum absolute atomic E-state index is 0.138. The molecule has 0 aromatic heterocycles. The third-order valence-electron chi connectivity index (χ3n) is 7.99. The van der Waals surface area contributed by atoms with Gasteiger partial charge in [0.2, 0.25) is 17.7 Å². The first-order valence-corrected chi connectivity index (χ1v) is 16.7. The molecule has 0 bridgehead atoms. The number of carbonyl (C=O) groups is 4. The molecule has 5 atom stereocenters. The first-order valence-electron chi connectivity index (χ1n) is 15.7. The van der Waals surface area contributed by atoms with E-state index in [2.05, 4.69) is 16.0 Å². The normalized spacial score (nSPS) is 19.0. The standard InChI is InChI=1S/C35H51N5O5S/c1-33(2,3)20-37-31(44)28-35(7,8)46-21-40(28)32(45)26(41)24(19-22-15-11-9-12-16-22)38-30(43)27(34(4,5)6)39-29(42)25(36)23-17-13-10-14-18-23/h9-18,24-28,41H,19-21,36H2,1-8H3,(H,37,44)(H,38,43)(H,39,42)/t24-,25-,26-,27+,28+/m0/s1. The van der Waals surface area contributed by atoms with Gasteiger partial charge in [-0.25, -0.2) is 0 Å². The van der Waals surface area contributed by atoms with E-state index in [9.17, 15) is 24.3 Å². The summed E-state index contributed by atoms with van der Waals surface area (Å²) in [6.07, 6.45) is -1.53. The molecule has 0 unspecified atom stereocenters. The van der Waals surface area contributed by atoms with Crippen LogP contribution in [-0.2, 0) is 25.6 Å². The van der Waals surface area contributed by atoms with Gasteiger partial charge < -0.3 is 31.7 Å². The molecule has 1 heterocycles. The van der Waals surface area contributed by atoms with Crippen molar-refractivity contribution in [1.29, 1.82) is 0 Å². The number of thioether (sulfide) groups is 1. The summed E-state index contributed by atoms with van der Waals surface area (Å²) in [5, 5.41) is 20.3. The summed E-state index contributed by atoms with van der Waals surface area (Å²) in [5.74, 6) is -1.83. The number of carbonyl (C=O) groups excluding carboxylic acids is 4. The van der Waals surface area contributed by atoms with Crippen molar-refractivity contribution >= 4 is 35.4 Å². The summed E-state index contributed by atoms with van der Waals surface area (Å²) in [7, 11) is 0. The van der Waals surface area contributed by atoms with Crippen molar-refractivity contribution in [3.05, 3.63) is 71.8 Å². The maximum absolute atomic E-state index is 14.0. The van der Waals surface area contributed by atoms with Gasteiger partial charge in [-0.1, -0.05) is 102 Å². The molecule has 0 spiro atoms. The van der Waals surface area contributed by atoms with Gasteiger partial charge in [-0.2, -0.15) is 0 Å². The van der Waals surface area contributed by atoms with E-state index < -0.39 is 58.2 Å². The van der Waals surface area contributed by atoms with Crippen LogP contribution in [-0.4, -0.2) is 75.0 Å². The smallest absolute Gasteiger partial charge is 0.254 e. The Morgan fingerprint density at radius 3 is 2.04 bits per heavy atom. The van der Waals surface area contributed by atoms with Crippen LogP contribution in [0.1, 0.15) is 72.6 Å². The highest BCUT2D eigenvalue weighted by Gasteiger charge is 2.50. The van der Waals surface area contributed by atoms with Crippen LogP contribution in [0.5, 0.6) is 0 Å². The highest BCUT2D eigenvalue weighted by atomic mass is 32.2. The lowest BCUT2D eigenvalue weighted by Crippen LogP contribution is -2.62. The molecule has 0 aliphatic carbocycles. The van der Waals surface area contributed by atoms with Gasteiger partial charge >= 0.3 is 0 Å². The summed E-state index contributed by atoms with van der Waals surface area (Å²) in [4.78, 5) is 55.9. The van der Waals surface area contributed by atoms with Gasteiger partial charge in [0.05, 0.1) is 11.9 Å². The van der Waals surface area contributed by atoms with Crippen LogP contribution in [0.25, 0.3) is 0 Å². The number of benzene rings is 2. The third-order valence-corrected chi connectivity index (χ3v) is 9.36. The third kappa shape index (κ3) is 9.80. The molecular formula is C35H51N5O5S. The summed E-state index contributed by atoms with van der Waals surface area (Å²) < 4.78 is -0.603. The van der Waals surface area contributed by atoms with E-state index in [1.165, 1.54) is 16.7 Å². The second-order valence-corrected chi connectivity index (χ2v) is 16.4. The Balaban J connectivity index is 1.87. The van der Waals surface area contributed by atoms with E-state index >= 15 is 0 Å². The second kappa shape index (κ2) is 15.0. The highest BCUT2D eigenvalue weighted by Crippen LogP contribution is 2.40. The van der Waals surface area contributed by atoms with Crippen molar-refractivity contribution < 1.29 is 24.3 Å². The minimum Gasteiger partial charge on any atom is -0.381 e. The first kappa shape index (κ1) is 37.1. The number of nitrogens with one attached hydrogen (secondary N) is 3. The van der Waals surface area contributed by atoms with Gasteiger partial charge in [-0.15, -0.1) is 11.8 Å².